The highest BCUT2D eigenvalue weighted by atomic mass is 35.5. The first-order valence-electron chi connectivity index (χ1n) is 11.8. The minimum Gasteiger partial charge on any atom is -0.466 e. The van der Waals surface area contributed by atoms with Crippen LogP contribution < -0.4 is 5.32 Å². The maximum Gasteiger partial charge on any atom is 0.336 e. The fourth-order valence-electron chi connectivity index (χ4n) is 5.05. The number of dihydropyridines is 1. The first kappa shape index (κ1) is 24.3. The molecular weight excluding hydrogens is 497 g/mol. The molecule has 184 valence electrons. The lowest BCUT2D eigenvalue weighted by molar-refractivity contribution is -0.136. The number of allylic oxidation sites excluding steroid dienone is 3. The number of nitrogens with one attached hydrogen (secondary N) is 1. The van der Waals surface area contributed by atoms with Crippen LogP contribution >= 0.6 is 23.2 Å². The van der Waals surface area contributed by atoms with Gasteiger partial charge in [0, 0.05) is 50.8 Å². The van der Waals surface area contributed by atoms with Gasteiger partial charge in [0.15, 0.2) is 5.78 Å². The first-order chi connectivity index (χ1) is 17.4. The summed E-state index contributed by atoms with van der Waals surface area (Å²) in [6.07, 6.45) is 3.88. The Labute approximate surface area is 219 Å². The molecule has 6 nitrogen and oxygen atoms in total. The normalized spacial score (nSPS) is 17.7. The van der Waals surface area contributed by atoms with E-state index in [1.165, 1.54) is 7.11 Å². The molecule has 36 heavy (non-hydrogen) atoms. The number of halogens is 2. The van der Waals surface area contributed by atoms with Crippen LogP contribution in [-0.4, -0.2) is 28.6 Å². The van der Waals surface area contributed by atoms with Gasteiger partial charge in [-0.25, -0.2) is 4.79 Å². The molecule has 1 N–H and O–H groups in total. The molecule has 0 spiro atoms. The van der Waals surface area contributed by atoms with Crippen molar-refractivity contribution >= 4 is 35.0 Å². The largest absolute Gasteiger partial charge is 0.466 e. The monoisotopic (exact) mass is 521 g/mol. The summed E-state index contributed by atoms with van der Waals surface area (Å²) in [5.41, 5.74) is 5.82. The third-order valence-corrected chi connectivity index (χ3v) is 7.26. The van der Waals surface area contributed by atoms with Crippen molar-refractivity contribution in [1.82, 2.24) is 15.1 Å². The van der Waals surface area contributed by atoms with E-state index in [-0.39, 0.29) is 5.78 Å². The minimum atomic E-state index is -0.592. The number of hydrogen-bond acceptors (Lipinski definition) is 5. The summed E-state index contributed by atoms with van der Waals surface area (Å²) in [6, 6.07) is 15.1. The van der Waals surface area contributed by atoms with Gasteiger partial charge >= 0.3 is 5.97 Å². The molecule has 1 atom stereocenters. The number of rotatable bonds is 5. The predicted molar refractivity (Wildman–Crippen MR) is 140 cm³/mol. The standard InChI is InChI=1S/C28H25Cl2N3O3/c1-16-24(28(35)36-2)25(26-22(31-16)9-6-10-23(26)34)20-15-33(14-18-11-12-19(29)13-21(18)30)32-27(20)17-7-4-3-5-8-17/h3-5,7-8,11-13,15,25,31H,6,9-10,14H2,1-2H3/t25-/m0/s1. The number of hydrogen-bond donors (Lipinski definition) is 1. The van der Waals surface area contributed by atoms with E-state index >= 15 is 0 Å². The van der Waals surface area contributed by atoms with E-state index in [9.17, 15) is 9.59 Å². The molecule has 2 aromatic carbocycles. The molecular formula is C28H25Cl2N3O3. The lowest BCUT2D eigenvalue weighted by atomic mass is 9.75. The van der Waals surface area contributed by atoms with Crippen LogP contribution in [0.2, 0.25) is 10.0 Å². The van der Waals surface area contributed by atoms with Crippen molar-refractivity contribution in [3.05, 3.63) is 98.4 Å². The molecule has 5 rings (SSSR count). The van der Waals surface area contributed by atoms with Crippen LogP contribution in [0, 0.1) is 0 Å². The molecule has 0 saturated heterocycles. The average Bonchev–Trinajstić information content (AvgIpc) is 3.28. The molecule has 0 saturated carbocycles. The van der Waals surface area contributed by atoms with E-state index in [0.717, 1.165) is 35.2 Å². The number of carbonyl (C=O) groups is 2. The molecule has 1 aromatic heterocycles. The zero-order chi connectivity index (χ0) is 25.4. The summed E-state index contributed by atoms with van der Waals surface area (Å²) in [5, 5.41) is 9.33. The van der Waals surface area contributed by atoms with Gasteiger partial charge in [0.05, 0.1) is 30.8 Å². The SMILES string of the molecule is COC(=O)C1=C(C)NC2=C(C(=O)CCC2)[C@H]1c1cn(Cc2ccc(Cl)cc2Cl)nc1-c1ccccc1. The Hall–Kier alpha value is -3.35. The lowest BCUT2D eigenvalue weighted by Gasteiger charge is -2.33. The molecule has 1 aliphatic heterocycles. The molecule has 2 heterocycles. The summed E-state index contributed by atoms with van der Waals surface area (Å²) in [7, 11) is 1.36. The highest BCUT2D eigenvalue weighted by Gasteiger charge is 2.41. The molecule has 1 aliphatic carbocycles. The molecule has 0 fully saturated rings. The fraction of sp³-hybridized carbons (Fsp3) is 0.250. The highest BCUT2D eigenvalue weighted by Crippen LogP contribution is 2.45. The Kier molecular flexibility index (Phi) is 6.73. The third kappa shape index (κ3) is 4.47. The van der Waals surface area contributed by atoms with Crippen molar-refractivity contribution < 1.29 is 14.3 Å². The van der Waals surface area contributed by atoms with Gasteiger partial charge in [0.2, 0.25) is 0 Å². The summed E-state index contributed by atoms with van der Waals surface area (Å²) in [4.78, 5) is 26.3. The summed E-state index contributed by atoms with van der Waals surface area (Å²) >= 11 is 12.5. The minimum absolute atomic E-state index is 0.0372. The van der Waals surface area contributed by atoms with Gasteiger partial charge in [-0.05, 0) is 37.5 Å². The van der Waals surface area contributed by atoms with Crippen LogP contribution in [0.3, 0.4) is 0 Å². The first-order valence-corrected chi connectivity index (χ1v) is 12.5. The Morgan fingerprint density at radius 1 is 1.17 bits per heavy atom. The van der Waals surface area contributed by atoms with Gasteiger partial charge in [-0.2, -0.15) is 5.10 Å². The number of carbonyl (C=O) groups excluding carboxylic acids is 2. The number of aromatic nitrogens is 2. The Balaban J connectivity index is 1.71. The fourth-order valence-corrected chi connectivity index (χ4v) is 5.52. The van der Waals surface area contributed by atoms with E-state index < -0.39 is 11.9 Å². The van der Waals surface area contributed by atoms with E-state index in [2.05, 4.69) is 5.32 Å². The highest BCUT2D eigenvalue weighted by molar-refractivity contribution is 6.35. The number of ether oxygens (including phenoxy) is 1. The van der Waals surface area contributed by atoms with Crippen molar-refractivity contribution in [2.75, 3.05) is 7.11 Å². The van der Waals surface area contributed by atoms with Crippen LogP contribution in [0.1, 0.15) is 43.2 Å². The number of Topliss-reactive ketones (excluding diaryl/α,β-unsaturated/α-hetero) is 1. The zero-order valence-corrected chi connectivity index (χ0v) is 21.5. The zero-order valence-electron chi connectivity index (χ0n) is 20.0. The van der Waals surface area contributed by atoms with E-state index in [4.69, 9.17) is 33.0 Å². The number of benzene rings is 2. The average molecular weight is 522 g/mol. The van der Waals surface area contributed by atoms with Gasteiger partial charge in [0.25, 0.3) is 0 Å². The maximum atomic E-state index is 13.3. The number of esters is 1. The predicted octanol–water partition coefficient (Wildman–Crippen LogP) is 6.05. The van der Waals surface area contributed by atoms with Gasteiger partial charge in [-0.1, -0.05) is 59.6 Å². The van der Waals surface area contributed by atoms with Gasteiger partial charge in [0.1, 0.15) is 0 Å². The molecule has 2 aliphatic rings. The number of methoxy groups -OCH3 is 1. The van der Waals surface area contributed by atoms with E-state index in [0.29, 0.717) is 45.5 Å². The summed E-state index contributed by atoms with van der Waals surface area (Å²) in [6.45, 7) is 2.25. The Morgan fingerprint density at radius 3 is 2.67 bits per heavy atom. The topological polar surface area (TPSA) is 73.2 Å². The summed E-state index contributed by atoms with van der Waals surface area (Å²) in [5.74, 6) is -1.02. The van der Waals surface area contributed by atoms with Crippen molar-refractivity contribution in [2.24, 2.45) is 0 Å². The quantitative estimate of drug-likeness (QED) is 0.414. The third-order valence-electron chi connectivity index (χ3n) is 6.68. The second-order valence-electron chi connectivity index (χ2n) is 8.99. The Morgan fingerprint density at radius 2 is 1.94 bits per heavy atom. The second kappa shape index (κ2) is 9.96. The van der Waals surface area contributed by atoms with Crippen molar-refractivity contribution in [3.63, 3.8) is 0 Å². The van der Waals surface area contributed by atoms with E-state index in [1.807, 2.05) is 49.5 Å². The van der Waals surface area contributed by atoms with Crippen LogP contribution in [0.5, 0.6) is 0 Å². The Bertz CT molecular complexity index is 1420. The summed E-state index contributed by atoms with van der Waals surface area (Å²) < 4.78 is 6.97. The molecule has 0 bridgehead atoms. The van der Waals surface area contributed by atoms with Gasteiger partial charge < -0.3 is 10.1 Å². The maximum absolute atomic E-state index is 13.3. The molecule has 0 radical (unpaired) electrons. The van der Waals surface area contributed by atoms with Crippen molar-refractivity contribution in [3.8, 4) is 11.3 Å². The van der Waals surface area contributed by atoms with Crippen LogP contribution in [0.15, 0.2) is 77.3 Å². The van der Waals surface area contributed by atoms with Crippen LogP contribution in [0.25, 0.3) is 11.3 Å². The van der Waals surface area contributed by atoms with Crippen LogP contribution in [-0.2, 0) is 20.9 Å². The molecule has 3 aromatic rings. The molecule has 8 heteroatoms. The lowest BCUT2D eigenvalue weighted by Crippen LogP contribution is -2.34. The molecule has 0 unspecified atom stereocenters. The number of nitrogens with zero attached hydrogens (tertiary/aromatic N) is 2. The van der Waals surface area contributed by atoms with Gasteiger partial charge in [-0.15, -0.1) is 0 Å². The van der Waals surface area contributed by atoms with Crippen molar-refractivity contribution in [2.45, 2.75) is 38.6 Å². The van der Waals surface area contributed by atoms with Crippen LogP contribution in [0.4, 0.5) is 0 Å². The number of ketones is 1. The smallest absolute Gasteiger partial charge is 0.336 e. The van der Waals surface area contributed by atoms with Gasteiger partial charge in [-0.3, -0.25) is 9.48 Å². The van der Waals surface area contributed by atoms with E-state index in [1.54, 1.807) is 16.8 Å². The second-order valence-corrected chi connectivity index (χ2v) is 9.83. The van der Waals surface area contributed by atoms with Crippen molar-refractivity contribution in [1.29, 1.82) is 0 Å². The molecule has 0 amide bonds.